The highest BCUT2D eigenvalue weighted by atomic mass is 19.4. The summed E-state index contributed by atoms with van der Waals surface area (Å²) in [6, 6.07) is 4.00. The standard InChI is InChI=1S/C29H36F4N6O4/c1-15(2)39-22(10-11-35-39)26(41)37-25(24(17-4-5-17)18-6-7-18)27(42)36-21-9-8-19(12-20(21)30)16(3)28(43)38(13-23(34)40)14-29(31,32)33/h8-12,15-18,24-25H,4-7,13-14H2,1-3H3,(H2,34,40)(H,36,42)(H,37,41). The Morgan fingerprint density at radius 2 is 1.70 bits per heavy atom. The molecular formula is C29H36F4N6O4. The van der Waals surface area contributed by atoms with Gasteiger partial charge < -0.3 is 21.3 Å². The fourth-order valence-electron chi connectivity index (χ4n) is 5.49. The van der Waals surface area contributed by atoms with Crippen molar-refractivity contribution in [1.82, 2.24) is 20.0 Å². The lowest BCUT2D eigenvalue weighted by Crippen LogP contribution is -2.50. The van der Waals surface area contributed by atoms with Crippen molar-refractivity contribution in [2.75, 3.05) is 18.4 Å². The van der Waals surface area contributed by atoms with Crippen LogP contribution in [0.3, 0.4) is 0 Å². The number of hydrogen-bond acceptors (Lipinski definition) is 5. The zero-order valence-corrected chi connectivity index (χ0v) is 24.2. The van der Waals surface area contributed by atoms with Crippen molar-refractivity contribution < 1.29 is 36.7 Å². The molecule has 2 aliphatic carbocycles. The highest BCUT2D eigenvalue weighted by Gasteiger charge is 2.48. The van der Waals surface area contributed by atoms with Gasteiger partial charge in [0.15, 0.2) is 0 Å². The Balaban J connectivity index is 1.52. The summed E-state index contributed by atoms with van der Waals surface area (Å²) in [5.74, 6) is -5.01. The Kier molecular flexibility index (Phi) is 9.45. The first-order chi connectivity index (χ1) is 20.2. The summed E-state index contributed by atoms with van der Waals surface area (Å²) in [6.45, 7) is 2.38. The average Bonchev–Trinajstić information content (AvgIpc) is 3.86. The molecule has 234 valence electrons. The maximum absolute atomic E-state index is 15.3. The molecule has 0 saturated heterocycles. The molecule has 43 heavy (non-hydrogen) atoms. The minimum absolute atomic E-state index is 0.0396. The van der Waals surface area contributed by atoms with E-state index in [9.17, 15) is 32.3 Å². The van der Waals surface area contributed by atoms with E-state index in [1.54, 1.807) is 10.7 Å². The van der Waals surface area contributed by atoms with Gasteiger partial charge in [0, 0.05) is 12.2 Å². The Hall–Kier alpha value is -3.97. The number of nitrogens with one attached hydrogen (secondary N) is 2. The van der Waals surface area contributed by atoms with Gasteiger partial charge in [0.05, 0.1) is 18.2 Å². The van der Waals surface area contributed by atoms with Crippen LogP contribution in [-0.2, 0) is 14.4 Å². The van der Waals surface area contributed by atoms with Crippen LogP contribution in [0.2, 0.25) is 0 Å². The summed E-state index contributed by atoms with van der Waals surface area (Å²) < 4.78 is 55.8. The van der Waals surface area contributed by atoms with E-state index in [1.165, 1.54) is 25.3 Å². The van der Waals surface area contributed by atoms with Crippen LogP contribution in [0.4, 0.5) is 23.2 Å². The zero-order valence-electron chi connectivity index (χ0n) is 24.2. The number of carbonyl (C=O) groups is 4. The van der Waals surface area contributed by atoms with Crippen molar-refractivity contribution in [1.29, 1.82) is 0 Å². The van der Waals surface area contributed by atoms with Crippen molar-refractivity contribution in [2.24, 2.45) is 23.5 Å². The third kappa shape index (κ3) is 8.11. The molecule has 1 heterocycles. The van der Waals surface area contributed by atoms with Crippen LogP contribution in [-0.4, -0.2) is 63.6 Å². The summed E-state index contributed by atoms with van der Waals surface area (Å²) in [5, 5.41) is 9.62. The highest BCUT2D eigenvalue weighted by Crippen LogP contribution is 2.51. The Bertz CT molecular complexity index is 1360. The summed E-state index contributed by atoms with van der Waals surface area (Å²) >= 11 is 0. The third-order valence-corrected chi connectivity index (χ3v) is 7.83. The van der Waals surface area contributed by atoms with Crippen LogP contribution in [0.25, 0.3) is 0 Å². The number of benzene rings is 1. The number of rotatable bonds is 13. The van der Waals surface area contributed by atoms with E-state index in [2.05, 4.69) is 15.7 Å². The van der Waals surface area contributed by atoms with Gasteiger partial charge in [0.25, 0.3) is 5.91 Å². The molecule has 0 spiro atoms. The molecule has 2 saturated carbocycles. The molecule has 0 radical (unpaired) electrons. The molecule has 4 amide bonds. The summed E-state index contributed by atoms with van der Waals surface area (Å²) in [6.07, 6.45) is 0.453. The van der Waals surface area contributed by atoms with Crippen molar-refractivity contribution in [3.63, 3.8) is 0 Å². The predicted octanol–water partition coefficient (Wildman–Crippen LogP) is 3.76. The molecule has 4 rings (SSSR count). The topological polar surface area (TPSA) is 139 Å². The summed E-state index contributed by atoms with van der Waals surface area (Å²) in [7, 11) is 0. The predicted molar refractivity (Wildman–Crippen MR) is 148 cm³/mol. The van der Waals surface area contributed by atoms with E-state index in [-0.39, 0.29) is 39.9 Å². The van der Waals surface area contributed by atoms with Crippen LogP contribution in [0.5, 0.6) is 0 Å². The van der Waals surface area contributed by atoms with E-state index in [0.29, 0.717) is 5.69 Å². The van der Waals surface area contributed by atoms with E-state index < -0.39 is 60.7 Å². The zero-order chi connectivity index (χ0) is 31.6. The summed E-state index contributed by atoms with van der Waals surface area (Å²) in [5.41, 5.74) is 5.14. The molecule has 1 aromatic carbocycles. The van der Waals surface area contributed by atoms with Gasteiger partial charge in [0.1, 0.15) is 24.1 Å². The molecule has 2 aliphatic rings. The fraction of sp³-hybridized carbons (Fsp3) is 0.552. The first-order valence-electron chi connectivity index (χ1n) is 14.2. The molecule has 4 N–H and O–H groups in total. The molecule has 2 atom stereocenters. The normalized spacial score (nSPS) is 16.6. The van der Waals surface area contributed by atoms with Gasteiger partial charge in [-0.15, -0.1) is 0 Å². The van der Waals surface area contributed by atoms with E-state index in [0.717, 1.165) is 31.7 Å². The molecule has 2 unspecified atom stereocenters. The van der Waals surface area contributed by atoms with Crippen LogP contribution in [0.1, 0.15) is 74.5 Å². The fourth-order valence-corrected chi connectivity index (χ4v) is 5.49. The SMILES string of the molecule is CC(C(=O)N(CC(N)=O)CC(F)(F)F)c1ccc(NC(=O)C(NC(=O)c2ccnn2C(C)C)C(C2CC2)C2CC2)c(F)c1. The molecule has 2 aromatic rings. The van der Waals surface area contributed by atoms with E-state index in [1.807, 2.05) is 13.8 Å². The van der Waals surface area contributed by atoms with Gasteiger partial charge in [-0.3, -0.25) is 23.9 Å². The second-order valence-corrected chi connectivity index (χ2v) is 11.7. The number of alkyl halides is 3. The third-order valence-electron chi connectivity index (χ3n) is 7.83. The molecule has 0 aliphatic heterocycles. The van der Waals surface area contributed by atoms with Gasteiger partial charge in [-0.2, -0.15) is 18.3 Å². The number of aromatic nitrogens is 2. The largest absolute Gasteiger partial charge is 0.406 e. The van der Waals surface area contributed by atoms with E-state index in [4.69, 9.17) is 5.73 Å². The molecule has 0 bridgehead atoms. The van der Waals surface area contributed by atoms with Crippen LogP contribution >= 0.6 is 0 Å². The van der Waals surface area contributed by atoms with Gasteiger partial charge in [-0.05, 0) is 88.0 Å². The quantitative estimate of drug-likeness (QED) is 0.297. The number of anilines is 1. The number of halogens is 4. The Morgan fingerprint density at radius 3 is 2.21 bits per heavy atom. The Morgan fingerprint density at radius 1 is 1.07 bits per heavy atom. The number of amides is 4. The van der Waals surface area contributed by atoms with Crippen molar-refractivity contribution in [2.45, 2.75) is 70.6 Å². The lowest BCUT2D eigenvalue weighted by atomic mass is 9.88. The molecule has 1 aromatic heterocycles. The van der Waals surface area contributed by atoms with Gasteiger partial charge in [0.2, 0.25) is 17.7 Å². The lowest BCUT2D eigenvalue weighted by molar-refractivity contribution is -0.163. The van der Waals surface area contributed by atoms with Gasteiger partial charge in [-0.1, -0.05) is 6.07 Å². The second-order valence-electron chi connectivity index (χ2n) is 11.7. The van der Waals surface area contributed by atoms with Crippen molar-refractivity contribution in [3.05, 3.63) is 47.5 Å². The van der Waals surface area contributed by atoms with Crippen molar-refractivity contribution >= 4 is 29.3 Å². The number of carbonyl (C=O) groups excluding carboxylic acids is 4. The maximum atomic E-state index is 15.3. The first kappa shape index (κ1) is 32.0. The minimum Gasteiger partial charge on any atom is -0.368 e. The number of hydrogen-bond donors (Lipinski definition) is 3. The van der Waals surface area contributed by atoms with Gasteiger partial charge >= 0.3 is 6.18 Å². The molecule has 14 heteroatoms. The Labute approximate surface area is 246 Å². The number of nitrogens with two attached hydrogens (primary N) is 1. The van der Waals surface area contributed by atoms with Crippen molar-refractivity contribution in [3.8, 4) is 0 Å². The first-order valence-corrected chi connectivity index (χ1v) is 14.2. The monoisotopic (exact) mass is 608 g/mol. The lowest BCUT2D eigenvalue weighted by Gasteiger charge is -2.28. The molecule has 2 fully saturated rings. The van der Waals surface area contributed by atoms with Crippen LogP contribution in [0.15, 0.2) is 30.5 Å². The average molecular weight is 609 g/mol. The number of primary amides is 1. The summed E-state index contributed by atoms with van der Waals surface area (Å²) in [4.78, 5) is 51.2. The number of nitrogens with zero attached hydrogens (tertiary/aromatic N) is 3. The van der Waals surface area contributed by atoms with Crippen LogP contribution in [0, 0.1) is 23.6 Å². The maximum Gasteiger partial charge on any atom is 0.406 e. The smallest absolute Gasteiger partial charge is 0.368 e. The molecule has 10 nitrogen and oxygen atoms in total. The van der Waals surface area contributed by atoms with Gasteiger partial charge in [-0.25, -0.2) is 4.39 Å². The van der Waals surface area contributed by atoms with Crippen LogP contribution < -0.4 is 16.4 Å². The minimum atomic E-state index is -4.77. The second kappa shape index (κ2) is 12.7. The highest BCUT2D eigenvalue weighted by molar-refractivity contribution is 6.01. The molecular weight excluding hydrogens is 572 g/mol. The van der Waals surface area contributed by atoms with E-state index >= 15 is 4.39 Å².